The van der Waals surface area contributed by atoms with E-state index in [1.807, 2.05) is 47.4 Å². The van der Waals surface area contributed by atoms with Gasteiger partial charge in [0.1, 0.15) is 5.52 Å². The Hall–Kier alpha value is -2.69. The van der Waals surface area contributed by atoms with E-state index in [1.54, 1.807) is 18.6 Å². The highest BCUT2D eigenvalue weighted by Crippen LogP contribution is 2.01. The molecule has 18 heavy (non-hydrogen) atoms. The Morgan fingerprint density at radius 1 is 1.00 bits per heavy atom. The second-order valence-corrected chi connectivity index (χ2v) is 3.68. The average molecular weight is 237 g/mol. The molecule has 4 rings (SSSR count). The van der Waals surface area contributed by atoms with Crippen LogP contribution in [0.2, 0.25) is 0 Å². The predicted octanol–water partition coefficient (Wildman–Crippen LogP) is 2.29. The van der Waals surface area contributed by atoms with Gasteiger partial charge in [-0.1, -0.05) is 0 Å². The minimum atomic E-state index is 0.845. The molecule has 0 saturated carbocycles. The minimum Gasteiger partial charge on any atom is -0.345 e. The number of aromatic nitrogens is 5. The molecule has 4 heterocycles. The van der Waals surface area contributed by atoms with Gasteiger partial charge in [0.15, 0.2) is 5.65 Å². The first-order valence-corrected chi connectivity index (χ1v) is 5.54. The molecule has 0 fully saturated rings. The van der Waals surface area contributed by atoms with Crippen molar-refractivity contribution in [2.75, 3.05) is 0 Å². The van der Waals surface area contributed by atoms with Crippen molar-refractivity contribution in [1.82, 2.24) is 24.3 Å². The zero-order valence-electron chi connectivity index (χ0n) is 9.56. The van der Waals surface area contributed by atoms with Crippen LogP contribution < -0.4 is 0 Å². The summed E-state index contributed by atoms with van der Waals surface area (Å²) in [5.41, 5.74) is 2.90. The molecule has 4 aromatic rings. The number of nitrogens with one attached hydrogen (secondary N) is 1. The summed E-state index contributed by atoms with van der Waals surface area (Å²) < 4.78 is 2.02. The summed E-state index contributed by atoms with van der Waals surface area (Å²) in [5.74, 6) is 0. The third kappa shape index (κ3) is 2.06. The first-order valence-electron chi connectivity index (χ1n) is 5.54. The van der Waals surface area contributed by atoms with Crippen LogP contribution in [-0.2, 0) is 0 Å². The quantitative estimate of drug-likeness (QED) is 0.510. The SMILES string of the molecule is c1cc2cnccn2c1.c1cnc2[nH]ccc2n1. The molecule has 0 aliphatic carbocycles. The molecule has 88 valence electrons. The molecule has 0 bridgehead atoms. The van der Waals surface area contributed by atoms with Gasteiger partial charge in [0.05, 0.1) is 11.7 Å². The molecular weight excluding hydrogens is 226 g/mol. The van der Waals surface area contributed by atoms with Gasteiger partial charge >= 0.3 is 0 Å². The molecular formula is C13H11N5. The smallest absolute Gasteiger partial charge is 0.155 e. The number of rotatable bonds is 0. The van der Waals surface area contributed by atoms with Gasteiger partial charge in [0.25, 0.3) is 0 Å². The third-order valence-electron chi connectivity index (χ3n) is 2.52. The van der Waals surface area contributed by atoms with Gasteiger partial charge in [-0.3, -0.25) is 9.97 Å². The lowest BCUT2D eigenvalue weighted by Crippen LogP contribution is -1.79. The zero-order valence-corrected chi connectivity index (χ0v) is 9.56. The molecule has 0 saturated heterocycles. The normalized spacial score (nSPS) is 10.2. The molecule has 0 atom stereocenters. The van der Waals surface area contributed by atoms with Crippen molar-refractivity contribution in [1.29, 1.82) is 0 Å². The number of H-pyrrole nitrogens is 1. The fraction of sp³-hybridized carbons (Fsp3) is 0. The molecule has 0 radical (unpaired) electrons. The van der Waals surface area contributed by atoms with Crippen LogP contribution in [0.25, 0.3) is 16.7 Å². The van der Waals surface area contributed by atoms with E-state index < -0.39 is 0 Å². The molecule has 0 aliphatic heterocycles. The lowest BCUT2D eigenvalue weighted by atomic mass is 10.5. The number of hydrogen-bond donors (Lipinski definition) is 1. The van der Waals surface area contributed by atoms with Crippen LogP contribution in [0.3, 0.4) is 0 Å². The molecule has 0 spiro atoms. The van der Waals surface area contributed by atoms with Crippen molar-refractivity contribution in [3.63, 3.8) is 0 Å². The summed E-state index contributed by atoms with van der Waals surface area (Å²) in [6.07, 6.45) is 12.7. The summed E-state index contributed by atoms with van der Waals surface area (Å²) in [6, 6.07) is 5.91. The van der Waals surface area contributed by atoms with Crippen molar-refractivity contribution in [3.05, 3.63) is 61.6 Å². The second-order valence-electron chi connectivity index (χ2n) is 3.68. The number of fused-ring (bicyclic) bond motifs is 2. The van der Waals surface area contributed by atoms with Gasteiger partial charge in [0.2, 0.25) is 0 Å². The lowest BCUT2D eigenvalue weighted by molar-refractivity contribution is 1.14. The van der Waals surface area contributed by atoms with Crippen LogP contribution in [0.4, 0.5) is 0 Å². The summed E-state index contributed by atoms with van der Waals surface area (Å²) >= 11 is 0. The largest absolute Gasteiger partial charge is 0.345 e. The van der Waals surface area contributed by atoms with E-state index in [-0.39, 0.29) is 0 Å². The highest BCUT2D eigenvalue weighted by atomic mass is 14.9. The fourth-order valence-electron chi connectivity index (χ4n) is 1.66. The molecule has 0 amide bonds. The van der Waals surface area contributed by atoms with Crippen LogP contribution in [0.5, 0.6) is 0 Å². The van der Waals surface area contributed by atoms with Crippen LogP contribution >= 0.6 is 0 Å². The Labute approximate surface area is 103 Å². The van der Waals surface area contributed by atoms with Gasteiger partial charge in [-0.25, -0.2) is 4.98 Å². The van der Waals surface area contributed by atoms with Crippen molar-refractivity contribution >= 4 is 16.7 Å². The summed E-state index contributed by atoms with van der Waals surface area (Å²) in [5, 5.41) is 0. The highest BCUT2D eigenvalue weighted by molar-refractivity contribution is 5.69. The first-order chi connectivity index (χ1) is 8.93. The number of hydrogen-bond acceptors (Lipinski definition) is 3. The van der Waals surface area contributed by atoms with Crippen LogP contribution in [-0.4, -0.2) is 24.3 Å². The van der Waals surface area contributed by atoms with Gasteiger partial charge in [-0.05, 0) is 18.2 Å². The van der Waals surface area contributed by atoms with E-state index in [4.69, 9.17) is 0 Å². The van der Waals surface area contributed by atoms with Gasteiger partial charge in [-0.15, -0.1) is 0 Å². The summed E-state index contributed by atoms with van der Waals surface area (Å²) in [7, 11) is 0. The Bertz CT molecular complexity index is 629. The first kappa shape index (κ1) is 10.5. The maximum absolute atomic E-state index is 4.05. The Balaban J connectivity index is 0.000000111. The monoisotopic (exact) mass is 237 g/mol. The van der Waals surface area contributed by atoms with Gasteiger partial charge in [-0.2, -0.15) is 0 Å². The van der Waals surface area contributed by atoms with E-state index >= 15 is 0 Å². The van der Waals surface area contributed by atoms with Crippen molar-refractivity contribution in [2.45, 2.75) is 0 Å². The van der Waals surface area contributed by atoms with E-state index in [9.17, 15) is 0 Å². The van der Waals surface area contributed by atoms with E-state index in [0.717, 1.165) is 16.7 Å². The maximum atomic E-state index is 4.05. The minimum absolute atomic E-state index is 0.845. The molecule has 5 nitrogen and oxygen atoms in total. The van der Waals surface area contributed by atoms with Crippen molar-refractivity contribution in [2.24, 2.45) is 0 Å². The Morgan fingerprint density at radius 3 is 2.83 bits per heavy atom. The molecule has 0 aliphatic rings. The van der Waals surface area contributed by atoms with Gasteiger partial charge in [0, 0.05) is 37.2 Å². The summed E-state index contributed by atoms with van der Waals surface area (Å²) in [6.45, 7) is 0. The Kier molecular flexibility index (Phi) is 2.71. The standard InChI is InChI=1S/C7H6N2.C6H5N3/c1-2-7-6-8-3-5-9(7)4-1;1-2-8-6-5(1)7-3-4-9-6/h1-6H;1-4H,(H,8,9). The zero-order chi connectivity index (χ0) is 12.2. The molecule has 5 heteroatoms. The van der Waals surface area contributed by atoms with Crippen LogP contribution in [0.1, 0.15) is 0 Å². The molecule has 1 N–H and O–H groups in total. The predicted molar refractivity (Wildman–Crippen MR) is 69.1 cm³/mol. The second kappa shape index (κ2) is 4.67. The van der Waals surface area contributed by atoms with Crippen LogP contribution in [0, 0.1) is 0 Å². The van der Waals surface area contributed by atoms with E-state index in [1.165, 1.54) is 0 Å². The lowest BCUT2D eigenvalue weighted by Gasteiger charge is -1.87. The van der Waals surface area contributed by atoms with Gasteiger partial charge < -0.3 is 9.38 Å². The maximum Gasteiger partial charge on any atom is 0.155 e. The summed E-state index contributed by atoms with van der Waals surface area (Å²) in [4.78, 5) is 15.0. The third-order valence-corrected chi connectivity index (χ3v) is 2.52. The number of aromatic amines is 1. The Morgan fingerprint density at radius 2 is 1.94 bits per heavy atom. The van der Waals surface area contributed by atoms with E-state index in [2.05, 4.69) is 19.9 Å². The molecule has 0 unspecified atom stereocenters. The van der Waals surface area contributed by atoms with Crippen molar-refractivity contribution < 1.29 is 0 Å². The van der Waals surface area contributed by atoms with Crippen molar-refractivity contribution in [3.8, 4) is 0 Å². The van der Waals surface area contributed by atoms with E-state index in [0.29, 0.717) is 0 Å². The highest BCUT2D eigenvalue weighted by Gasteiger charge is 1.90. The average Bonchev–Trinajstić information content (AvgIpc) is 3.08. The van der Waals surface area contributed by atoms with Crippen LogP contribution in [0.15, 0.2) is 61.6 Å². The topological polar surface area (TPSA) is 58.9 Å². The molecule has 4 aromatic heterocycles. The molecule has 0 aromatic carbocycles. The number of nitrogens with zero attached hydrogens (tertiary/aromatic N) is 4. The fourth-order valence-corrected chi connectivity index (χ4v) is 1.66.